The van der Waals surface area contributed by atoms with Crippen molar-refractivity contribution in [2.45, 2.75) is 60.4 Å². The fourth-order valence-electron chi connectivity index (χ4n) is 1.93. The van der Waals surface area contributed by atoms with E-state index in [0.717, 1.165) is 19.4 Å². The molecule has 1 amide bonds. The average molecular weight is 256 g/mol. The molecule has 0 heterocycles. The van der Waals surface area contributed by atoms with Crippen molar-refractivity contribution in [3.63, 3.8) is 0 Å². The van der Waals surface area contributed by atoms with E-state index in [-0.39, 0.29) is 23.3 Å². The number of hydrogen-bond donors (Lipinski definition) is 2. The molecule has 108 valence electrons. The molecule has 0 aliphatic rings. The monoisotopic (exact) mass is 256 g/mol. The maximum Gasteiger partial charge on any atom is 0.224 e. The minimum absolute atomic E-state index is 0.0268. The highest BCUT2D eigenvalue weighted by molar-refractivity contribution is 5.78. The summed E-state index contributed by atoms with van der Waals surface area (Å²) in [5, 5.41) is 6.27. The van der Waals surface area contributed by atoms with Crippen molar-refractivity contribution in [1.82, 2.24) is 10.6 Å². The smallest absolute Gasteiger partial charge is 0.224 e. The predicted octanol–water partition coefficient (Wildman–Crippen LogP) is 2.81. The van der Waals surface area contributed by atoms with E-state index in [1.54, 1.807) is 0 Å². The van der Waals surface area contributed by atoms with E-state index < -0.39 is 0 Å². The van der Waals surface area contributed by atoms with Crippen LogP contribution in [-0.4, -0.2) is 25.5 Å². The van der Waals surface area contributed by atoms with Crippen LogP contribution < -0.4 is 10.6 Å². The third kappa shape index (κ3) is 7.00. The minimum atomic E-state index is 0.0268. The van der Waals surface area contributed by atoms with E-state index in [4.69, 9.17) is 0 Å². The summed E-state index contributed by atoms with van der Waals surface area (Å²) in [7, 11) is 1.88. The third-order valence-electron chi connectivity index (χ3n) is 3.35. The maximum absolute atomic E-state index is 12.1. The zero-order chi connectivity index (χ0) is 14.3. The summed E-state index contributed by atoms with van der Waals surface area (Å²) in [4.78, 5) is 12.1. The molecule has 0 spiro atoms. The van der Waals surface area contributed by atoms with Gasteiger partial charge in [-0.25, -0.2) is 0 Å². The van der Waals surface area contributed by atoms with Gasteiger partial charge < -0.3 is 10.6 Å². The second-order valence-electron chi connectivity index (χ2n) is 6.86. The van der Waals surface area contributed by atoms with Crippen LogP contribution in [-0.2, 0) is 4.79 Å². The first-order valence-corrected chi connectivity index (χ1v) is 7.13. The van der Waals surface area contributed by atoms with E-state index in [1.807, 2.05) is 14.0 Å². The van der Waals surface area contributed by atoms with Crippen LogP contribution in [0, 0.1) is 17.3 Å². The maximum atomic E-state index is 12.1. The molecule has 2 atom stereocenters. The summed E-state index contributed by atoms with van der Waals surface area (Å²) < 4.78 is 0. The van der Waals surface area contributed by atoms with Crippen molar-refractivity contribution < 1.29 is 4.79 Å². The molecule has 3 nitrogen and oxygen atoms in total. The largest absolute Gasteiger partial charge is 0.353 e. The second-order valence-corrected chi connectivity index (χ2v) is 6.86. The van der Waals surface area contributed by atoms with Crippen molar-refractivity contribution in [3.05, 3.63) is 0 Å². The zero-order valence-electron chi connectivity index (χ0n) is 13.3. The van der Waals surface area contributed by atoms with Crippen LogP contribution in [0.15, 0.2) is 0 Å². The van der Waals surface area contributed by atoms with Crippen LogP contribution in [0.5, 0.6) is 0 Å². The van der Waals surface area contributed by atoms with Crippen molar-refractivity contribution in [2.75, 3.05) is 13.6 Å². The Balaban J connectivity index is 4.45. The minimum Gasteiger partial charge on any atom is -0.353 e. The van der Waals surface area contributed by atoms with E-state index in [1.165, 1.54) is 0 Å². The number of hydrogen-bond acceptors (Lipinski definition) is 2. The lowest BCUT2D eigenvalue weighted by Gasteiger charge is -2.33. The fourth-order valence-corrected chi connectivity index (χ4v) is 1.93. The van der Waals surface area contributed by atoms with Crippen molar-refractivity contribution >= 4 is 5.91 Å². The van der Waals surface area contributed by atoms with Gasteiger partial charge in [0.25, 0.3) is 0 Å². The first-order chi connectivity index (χ1) is 8.18. The predicted molar refractivity (Wildman–Crippen MR) is 78.5 cm³/mol. The molecule has 0 saturated carbocycles. The van der Waals surface area contributed by atoms with Gasteiger partial charge in [0.05, 0.1) is 0 Å². The normalized spacial score (nSPS) is 15.6. The molecular weight excluding hydrogens is 224 g/mol. The van der Waals surface area contributed by atoms with Crippen LogP contribution in [0.3, 0.4) is 0 Å². The van der Waals surface area contributed by atoms with Gasteiger partial charge in [-0.05, 0) is 31.2 Å². The highest BCUT2D eigenvalue weighted by atomic mass is 16.1. The molecule has 0 aliphatic heterocycles. The standard InChI is InChI=1S/C15H32N2O/c1-11(2)8-9-13(15(4,5)6)17-14(18)12(3)10-16-7/h11-13,16H,8-10H2,1-7H3,(H,17,18). The van der Waals surface area contributed by atoms with Gasteiger partial charge in [-0.3, -0.25) is 4.79 Å². The average Bonchev–Trinajstić information content (AvgIpc) is 2.22. The molecule has 0 fully saturated rings. The molecule has 0 bridgehead atoms. The lowest BCUT2D eigenvalue weighted by Crippen LogP contribution is -2.47. The van der Waals surface area contributed by atoms with Gasteiger partial charge >= 0.3 is 0 Å². The molecule has 2 N–H and O–H groups in total. The van der Waals surface area contributed by atoms with Gasteiger partial charge in [0.1, 0.15) is 0 Å². The lowest BCUT2D eigenvalue weighted by atomic mass is 9.82. The molecule has 2 unspecified atom stereocenters. The summed E-state index contributed by atoms with van der Waals surface area (Å²) in [5.41, 5.74) is 0.115. The number of carbonyl (C=O) groups excluding carboxylic acids is 1. The highest BCUT2D eigenvalue weighted by Crippen LogP contribution is 2.24. The van der Waals surface area contributed by atoms with Crippen molar-refractivity contribution in [1.29, 1.82) is 0 Å². The Morgan fingerprint density at radius 1 is 1.11 bits per heavy atom. The number of rotatable bonds is 7. The second kappa shape index (κ2) is 7.78. The van der Waals surface area contributed by atoms with Crippen molar-refractivity contribution in [2.24, 2.45) is 17.3 Å². The molecular formula is C15H32N2O. The Bertz CT molecular complexity index is 243. The summed E-state index contributed by atoms with van der Waals surface area (Å²) in [5.74, 6) is 0.869. The Kier molecular flexibility index (Phi) is 7.53. The van der Waals surface area contributed by atoms with Gasteiger partial charge in [-0.2, -0.15) is 0 Å². The van der Waals surface area contributed by atoms with Gasteiger partial charge in [-0.1, -0.05) is 41.5 Å². The lowest BCUT2D eigenvalue weighted by molar-refractivity contribution is -0.126. The Hall–Kier alpha value is -0.570. The Labute approximate surface area is 113 Å². The molecule has 0 aliphatic carbocycles. The Morgan fingerprint density at radius 2 is 1.67 bits per heavy atom. The molecule has 0 radical (unpaired) electrons. The fraction of sp³-hybridized carbons (Fsp3) is 0.933. The van der Waals surface area contributed by atoms with Crippen LogP contribution >= 0.6 is 0 Å². The molecule has 18 heavy (non-hydrogen) atoms. The number of nitrogens with one attached hydrogen (secondary N) is 2. The first-order valence-electron chi connectivity index (χ1n) is 7.13. The SMILES string of the molecule is CNCC(C)C(=O)NC(CCC(C)C)C(C)(C)C. The van der Waals surface area contributed by atoms with Crippen LogP contribution in [0.4, 0.5) is 0 Å². The summed E-state index contributed by atoms with van der Waals surface area (Å²) in [6, 6.07) is 0.256. The van der Waals surface area contributed by atoms with E-state index >= 15 is 0 Å². The van der Waals surface area contributed by atoms with E-state index in [9.17, 15) is 4.79 Å². The molecule has 0 aromatic rings. The summed E-state index contributed by atoms with van der Waals surface area (Å²) in [6.07, 6.45) is 2.21. The zero-order valence-corrected chi connectivity index (χ0v) is 13.3. The summed E-state index contributed by atoms with van der Waals surface area (Å²) in [6.45, 7) is 13.7. The Morgan fingerprint density at radius 3 is 2.06 bits per heavy atom. The molecule has 3 heteroatoms. The summed E-state index contributed by atoms with van der Waals surface area (Å²) >= 11 is 0. The van der Waals surface area contributed by atoms with Gasteiger partial charge in [0, 0.05) is 18.5 Å². The van der Waals surface area contributed by atoms with Crippen LogP contribution in [0.1, 0.15) is 54.4 Å². The van der Waals surface area contributed by atoms with Crippen molar-refractivity contribution in [3.8, 4) is 0 Å². The molecule has 0 rings (SSSR count). The van der Waals surface area contributed by atoms with Gasteiger partial charge in [0.2, 0.25) is 5.91 Å². The quantitative estimate of drug-likeness (QED) is 0.735. The van der Waals surface area contributed by atoms with Crippen LogP contribution in [0.25, 0.3) is 0 Å². The van der Waals surface area contributed by atoms with E-state index in [2.05, 4.69) is 45.3 Å². The van der Waals surface area contributed by atoms with E-state index in [0.29, 0.717) is 5.92 Å². The van der Waals surface area contributed by atoms with Gasteiger partial charge in [-0.15, -0.1) is 0 Å². The van der Waals surface area contributed by atoms with Crippen LogP contribution in [0.2, 0.25) is 0 Å². The third-order valence-corrected chi connectivity index (χ3v) is 3.35. The topological polar surface area (TPSA) is 41.1 Å². The number of carbonyl (C=O) groups is 1. The molecule has 0 aromatic carbocycles. The highest BCUT2D eigenvalue weighted by Gasteiger charge is 2.27. The number of amides is 1. The molecule has 0 saturated heterocycles. The van der Waals surface area contributed by atoms with Gasteiger partial charge in [0.15, 0.2) is 0 Å². The molecule has 0 aromatic heterocycles. The first kappa shape index (κ1) is 17.4.